The first-order valence-electron chi connectivity index (χ1n) is 15.9. The third kappa shape index (κ3) is 6.48. The highest BCUT2D eigenvalue weighted by molar-refractivity contribution is 6.30. The highest BCUT2D eigenvalue weighted by Gasteiger charge is 2.65. The van der Waals surface area contributed by atoms with Crippen LogP contribution in [0.5, 0.6) is 0 Å². The number of aliphatic hydroxyl groups is 1. The van der Waals surface area contributed by atoms with Gasteiger partial charge in [-0.3, -0.25) is 9.69 Å². The second kappa shape index (κ2) is 13.0. The molecule has 6 heteroatoms. The van der Waals surface area contributed by atoms with E-state index in [0.29, 0.717) is 23.0 Å². The number of carbonyl (C=O) groups is 1. The van der Waals surface area contributed by atoms with Gasteiger partial charge in [0.05, 0.1) is 18.2 Å². The average molecular weight is 618 g/mol. The van der Waals surface area contributed by atoms with Crippen LogP contribution in [-0.2, 0) is 20.8 Å². The molecule has 0 spiro atoms. The third-order valence-corrected chi connectivity index (χ3v) is 10.7. The van der Waals surface area contributed by atoms with E-state index in [0.717, 1.165) is 30.5 Å². The quantitative estimate of drug-likeness (QED) is 0.219. The van der Waals surface area contributed by atoms with Crippen molar-refractivity contribution in [1.82, 2.24) is 4.90 Å². The Hall–Kier alpha value is -2.70. The van der Waals surface area contributed by atoms with Crippen molar-refractivity contribution in [2.24, 2.45) is 22.7 Å². The fourth-order valence-corrected chi connectivity index (χ4v) is 8.22. The zero-order valence-corrected chi connectivity index (χ0v) is 27.8. The summed E-state index contributed by atoms with van der Waals surface area (Å²) in [6, 6.07) is 27.2. The van der Waals surface area contributed by atoms with Crippen LogP contribution in [-0.4, -0.2) is 41.3 Å². The lowest BCUT2D eigenvalue weighted by molar-refractivity contribution is -0.170. The number of ether oxygens (including phenoxy) is 2. The second-order valence-electron chi connectivity index (χ2n) is 14.4. The number of halogens is 1. The molecule has 0 saturated heterocycles. The monoisotopic (exact) mass is 617 g/mol. The van der Waals surface area contributed by atoms with Crippen molar-refractivity contribution in [2.75, 3.05) is 13.7 Å². The Balaban J connectivity index is 1.69. The summed E-state index contributed by atoms with van der Waals surface area (Å²) in [4.78, 5) is 16.8. The number of benzene rings is 3. The highest BCUT2D eigenvalue weighted by atomic mass is 35.5. The van der Waals surface area contributed by atoms with Crippen molar-refractivity contribution >= 4 is 17.6 Å². The van der Waals surface area contributed by atoms with Gasteiger partial charge in [-0.05, 0) is 80.2 Å². The standard InChI is InChI=1S/C38H48ClNO4/c1-36(2,3)44-35(42)32(34(41)28-17-19-30(39)20-18-28)33(27-15-11-8-12-16-27)40(24-26-13-9-7-10-14-26)25-38-22-21-29(37(38,4)5)23-31(38)43-6/h7-20,29,31-34,41H,21-25H2,1-6H3/t29-,31-,32?,33?,34?,38-/m1/s1. The smallest absolute Gasteiger partial charge is 0.314 e. The Bertz CT molecular complexity index is 1390. The van der Waals surface area contributed by atoms with Crippen LogP contribution in [0.4, 0.5) is 0 Å². The van der Waals surface area contributed by atoms with Gasteiger partial charge in [-0.1, -0.05) is 98.2 Å². The van der Waals surface area contributed by atoms with E-state index in [1.165, 1.54) is 6.42 Å². The summed E-state index contributed by atoms with van der Waals surface area (Å²) in [7, 11) is 1.84. The zero-order chi connectivity index (χ0) is 31.7. The fourth-order valence-electron chi connectivity index (χ4n) is 8.10. The molecule has 236 valence electrons. The Kier molecular flexibility index (Phi) is 9.63. The van der Waals surface area contributed by atoms with Crippen LogP contribution >= 0.6 is 11.6 Å². The Labute approximate surface area is 268 Å². The van der Waals surface area contributed by atoms with Gasteiger partial charge >= 0.3 is 5.97 Å². The summed E-state index contributed by atoms with van der Waals surface area (Å²) in [5.74, 6) is -0.759. The van der Waals surface area contributed by atoms with E-state index in [2.05, 4.69) is 55.1 Å². The maximum atomic E-state index is 14.4. The molecule has 0 aromatic heterocycles. The molecule has 44 heavy (non-hydrogen) atoms. The number of carbonyl (C=O) groups excluding carboxylic acids is 1. The summed E-state index contributed by atoms with van der Waals surface area (Å²) >= 11 is 6.24. The number of esters is 1. The van der Waals surface area contributed by atoms with E-state index in [-0.39, 0.29) is 16.9 Å². The summed E-state index contributed by atoms with van der Waals surface area (Å²) in [6.45, 7) is 11.7. The summed E-state index contributed by atoms with van der Waals surface area (Å²) < 4.78 is 12.3. The Morgan fingerprint density at radius 3 is 2.16 bits per heavy atom. The Morgan fingerprint density at radius 1 is 0.977 bits per heavy atom. The van der Waals surface area contributed by atoms with Gasteiger partial charge in [0.25, 0.3) is 0 Å². The molecule has 3 unspecified atom stereocenters. The van der Waals surface area contributed by atoms with Gasteiger partial charge in [0.2, 0.25) is 0 Å². The Morgan fingerprint density at radius 2 is 1.59 bits per heavy atom. The molecular weight excluding hydrogens is 570 g/mol. The van der Waals surface area contributed by atoms with Crippen LogP contribution in [0.25, 0.3) is 0 Å². The van der Waals surface area contributed by atoms with E-state index in [1.807, 2.05) is 52.1 Å². The van der Waals surface area contributed by atoms with Crippen LogP contribution in [0, 0.1) is 22.7 Å². The maximum Gasteiger partial charge on any atom is 0.314 e. The predicted molar refractivity (Wildman–Crippen MR) is 176 cm³/mol. The van der Waals surface area contributed by atoms with E-state index in [9.17, 15) is 9.90 Å². The van der Waals surface area contributed by atoms with Crippen LogP contribution in [0.1, 0.15) is 82.7 Å². The third-order valence-electron chi connectivity index (χ3n) is 10.5. The van der Waals surface area contributed by atoms with Crippen molar-refractivity contribution in [3.63, 3.8) is 0 Å². The molecule has 0 aliphatic heterocycles. The van der Waals surface area contributed by atoms with Crippen LogP contribution < -0.4 is 0 Å². The minimum Gasteiger partial charge on any atom is -0.460 e. The van der Waals surface area contributed by atoms with Gasteiger partial charge in [0.15, 0.2) is 0 Å². The second-order valence-corrected chi connectivity index (χ2v) is 14.8. The summed E-state index contributed by atoms with van der Waals surface area (Å²) in [6.07, 6.45) is 2.26. The number of methoxy groups -OCH3 is 1. The lowest BCUT2D eigenvalue weighted by Gasteiger charge is -2.48. The van der Waals surface area contributed by atoms with Gasteiger partial charge < -0.3 is 14.6 Å². The number of rotatable bonds is 11. The molecule has 2 aliphatic carbocycles. The molecule has 0 heterocycles. The number of fused-ring (bicyclic) bond motifs is 2. The molecule has 5 nitrogen and oxygen atoms in total. The van der Waals surface area contributed by atoms with Gasteiger partial charge in [-0.25, -0.2) is 0 Å². The number of nitrogens with zero attached hydrogens (tertiary/aromatic N) is 1. The lowest BCUT2D eigenvalue weighted by Crippen LogP contribution is -2.51. The van der Waals surface area contributed by atoms with Crippen LogP contribution in [0.15, 0.2) is 84.9 Å². The van der Waals surface area contributed by atoms with E-state index in [1.54, 1.807) is 24.3 Å². The summed E-state index contributed by atoms with van der Waals surface area (Å²) in [5.41, 5.74) is 1.95. The van der Waals surface area contributed by atoms with Crippen molar-refractivity contribution in [3.8, 4) is 0 Å². The van der Waals surface area contributed by atoms with E-state index in [4.69, 9.17) is 21.1 Å². The number of aliphatic hydroxyl groups excluding tert-OH is 1. The maximum absolute atomic E-state index is 14.4. The molecule has 2 saturated carbocycles. The van der Waals surface area contributed by atoms with Crippen molar-refractivity contribution in [2.45, 2.75) is 84.3 Å². The number of hydrogen-bond donors (Lipinski definition) is 1. The molecular formula is C38H48ClNO4. The molecule has 2 bridgehead atoms. The first-order chi connectivity index (χ1) is 20.9. The van der Waals surface area contributed by atoms with E-state index < -0.39 is 29.6 Å². The molecule has 5 rings (SSSR count). The largest absolute Gasteiger partial charge is 0.460 e. The number of hydrogen-bond acceptors (Lipinski definition) is 5. The fraction of sp³-hybridized carbons (Fsp3) is 0.500. The van der Waals surface area contributed by atoms with Gasteiger partial charge in [-0.15, -0.1) is 0 Å². The molecule has 1 N–H and O–H groups in total. The average Bonchev–Trinajstić information content (AvgIpc) is 3.35. The summed E-state index contributed by atoms with van der Waals surface area (Å²) in [5, 5.41) is 12.8. The lowest BCUT2D eigenvalue weighted by atomic mass is 9.67. The van der Waals surface area contributed by atoms with Gasteiger partial charge in [-0.2, -0.15) is 0 Å². The van der Waals surface area contributed by atoms with Gasteiger partial charge in [0.1, 0.15) is 11.5 Å². The van der Waals surface area contributed by atoms with Crippen molar-refractivity contribution in [1.29, 1.82) is 0 Å². The highest BCUT2D eigenvalue weighted by Crippen LogP contribution is 2.67. The molecule has 0 amide bonds. The molecule has 3 aromatic rings. The van der Waals surface area contributed by atoms with Crippen LogP contribution in [0.2, 0.25) is 5.02 Å². The predicted octanol–water partition coefficient (Wildman–Crippen LogP) is 8.42. The molecule has 2 aliphatic rings. The van der Waals surface area contributed by atoms with Crippen LogP contribution in [0.3, 0.4) is 0 Å². The zero-order valence-electron chi connectivity index (χ0n) is 27.0. The van der Waals surface area contributed by atoms with Crippen molar-refractivity contribution in [3.05, 3.63) is 107 Å². The minimum atomic E-state index is -1.13. The normalized spacial score (nSPS) is 24.7. The SMILES string of the molecule is CO[C@@H]1C[C@H]2CC[C@]1(CN(Cc1ccccc1)C(c1ccccc1)C(C(=O)OC(C)(C)C)C(O)c1ccc(Cl)cc1)C2(C)C. The molecule has 3 aromatic carbocycles. The first kappa shape index (κ1) is 32.7. The molecule has 6 atom stereocenters. The first-order valence-corrected chi connectivity index (χ1v) is 16.3. The molecule has 2 fully saturated rings. The van der Waals surface area contributed by atoms with Gasteiger partial charge in [0, 0.05) is 30.6 Å². The molecule has 0 radical (unpaired) electrons. The van der Waals surface area contributed by atoms with E-state index >= 15 is 0 Å². The minimum absolute atomic E-state index is 0.0556. The van der Waals surface area contributed by atoms with Crippen molar-refractivity contribution < 1.29 is 19.4 Å². The topological polar surface area (TPSA) is 59.0 Å².